The molecule has 2 aromatic heterocycles. The van der Waals surface area contributed by atoms with Crippen LogP contribution in [-0.2, 0) is 0 Å². The minimum absolute atomic E-state index is 0.442. The average molecular weight is 593 g/mol. The Morgan fingerprint density at radius 3 is 2.20 bits per heavy atom. The predicted molar refractivity (Wildman–Crippen MR) is 196 cm³/mol. The van der Waals surface area contributed by atoms with Gasteiger partial charge in [0.1, 0.15) is 11.2 Å². The maximum absolute atomic E-state index is 7.01. The van der Waals surface area contributed by atoms with Gasteiger partial charge in [-0.2, -0.15) is 0 Å². The summed E-state index contributed by atoms with van der Waals surface area (Å²) in [6.45, 7) is 0.442. The molecule has 0 aliphatic carbocycles. The van der Waals surface area contributed by atoms with Crippen molar-refractivity contribution in [2.75, 3.05) is 12.3 Å². The molecule has 6 aromatic carbocycles. The second-order valence-corrected chi connectivity index (χ2v) is 11.5. The third-order valence-electron chi connectivity index (χ3n) is 8.80. The number of anilines is 1. The van der Waals surface area contributed by atoms with Crippen LogP contribution in [0, 0.1) is 0 Å². The van der Waals surface area contributed by atoms with Crippen LogP contribution in [0.15, 0.2) is 152 Å². The number of pyridine rings is 1. The Labute approximate surface area is 267 Å². The molecule has 0 saturated heterocycles. The molecule has 0 atom stereocenters. The first-order valence-corrected chi connectivity index (χ1v) is 15.5. The van der Waals surface area contributed by atoms with Crippen LogP contribution in [0.4, 0.5) is 5.69 Å². The van der Waals surface area contributed by atoms with Gasteiger partial charge < -0.3 is 11.5 Å². The summed E-state index contributed by atoms with van der Waals surface area (Å²) < 4.78 is 2.24. The van der Waals surface area contributed by atoms with E-state index in [1.165, 1.54) is 21.9 Å². The van der Waals surface area contributed by atoms with E-state index < -0.39 is 0 Å². The van der Waals surface area contributed by atoms with Crippen LogP contribution in [0.25, 0.3) is 72.3 Å². The highest BCUT2D eigenvalue weighted by atomic mass is 15.0. The van der Waals surface area contributed by atoms with E-state index in [0.717, 1.165) is 55.4 Å². The highest BCUT2D eigenvalue weighted by molar-refractivity contribution is 6.15. The number of allylic oxidation sites excluding steroid dienone is 2. The van der Waals surface area contributed by atoms with Crippen molar-refractivity contribution in [2.24, 2.45) is 5.73 Å². The number of nitrogens with zero attached hydrogens (tertiary/aromatic N) is 2. The van der Waals surface area contributed by atoms with Crippen LogP contribution in [0.5, 0.6) is 0 Å². The first-order valence-electron chi connectivity index (χ1n) is 15.5. The molecule has 0 saturated carbocycles. The molecule has 46 heavy (non-hydrogen) atoms. The zero-order valence-corrected chi connectivity index (χ0v) is 25.3. The fourth-order valence-corrected chi connectivity index (χ4v) is 6.62. The van der Waals surface area contributed by atoms with Crippen molar-refractivity contribution >= 4 is 55.7 Å². The van der Waals surface area contributed by atoms with Crippen molar-refractivity contribution in [1.29, 1.82) is 0 Å². The van der Waals surface area contributed by atoms with Crippen molar-refractivity contribution in [3.63, 3.8) is 0 Å². The molecule has 0 fully saturated rings. The van der Waals surface area contributed by atoms with Gasteiger partial charge in [0.05, 0.1) is 16.7 Å². The van der Waals surface area contributed by atoms with E-state index in [9.17, 15) is 0 Å². The van der Waals surface area contributed by atoms with Crippen molar-refractivity contribution in [3.05, 3.63) is 163 Å². The topological polar surface area (TPSA) is 69.3 Å². The summed E-state index contributed by atoms with van der Waals surface area (Å²) in [5.74, 6) is 0. The number of hydrogen-bond acceptors (Lipinski definition) is 3. The van der Waals surface area contributed by atoms with E-state index in [1.54, 1.807) is 0 Å². The molecule has 0 amide bonds. The molecule has 220 valence electrons. The number of nitrogen functional groups attached to an aromatic ring is 1. The largest absolute Gasteiger partial charge is 0.396 e. The number of hydrogen-bond donors (Lipinski definition) is 2. The van der Waals surface area contributed by atoms with Crippen molar-refractivity contribution in [1.82, 2.24) is 9.38 Å². The molecular weight excluding hydrogens is 560 g/mol. The molecule has 0 unspecified atom stereocenters. The van der Waals surface area contributed by atoms with Crippen LogP contribution in [-0.4, -0.2) is 15.9 Å². The van der Waals surface area contributed by atoms with Gasteiger partial charge in [0.2, 0.25) is 0 Å². The molecule has 0 aliphatic rings. The van der Waals surface area contributed by atoms with E-state index in [2.05, 4.69) is 156 Å². The summed E-state index contributed by atoms with van der Waals surface area (Å²) in [7, 11) is 0. The van der Waals surface area contributed by atoms with Gasteiger partial charge in [-0.05, 0) is 57.0 Å². The minimum Gasteiger partial charge on any atom is -0.396 e. The quantitative estimate of drug-likeness (QED) is 0.115. The standard InChI is InChI=1S/C42H32N4/c43-26-25-29(32-15-10-14-31(27-32)28-11-2-1-3-12-28)21-22-30-13-4-5-16-33(30)36-23-24-39-41(40(36)44)45-42-37-19-7-6-17-34(37)35-18-8-9-20-38(35)46(39)42/h1-25,27H,26,43-44H2/b22-21?,29-25+. The fourth-order valence-electron chi connectivity index (χ4n) is 6.62. The average Bonchev–Trinajstić information content (AvgIpc) is 3.52. The van der Waals surface area contributed by atoms with E-state index in [0.29, 0.717) is 12.2 Å². The van der Waals surface area contributed by atoms with Gasteiger partial charge in [0, 0.05) is 22.9 Å². The Hall–Kier alpha value is -5.97. The zero-order chi connectivity index (χ0) is 31.0. The van der Waals surface area contributed by atoms with Crippen LogP contribution in [0.1, 0.15) is 11.1 Å². The molecular formula is C42H32N4. The first kappa shape index (κ1) is 27.6. The summed E-state index contributed by atoms with van der Waals surface area (Å²) in [5, 5.41) is 3.49. The van der Waals surface area contributed by atoms with Crippen molar-refractivity contribution < 1.29 is 0 Å². The SMILES string of the molecule is NC/C=C(\C=Cc1ccccc1-c1ccc2c(nc3c4ccccc4c4ccccc4n23)c1N)c1cccc(-c2ccccc2)c1. The maximum atomic E-state index is 7.01. The molecule has 8 aromatic rings. The Balaban J connectivity index is 1.24. The van der Waals surface area contributed by atoms with Gasteiger partial charge in [0.15, 0.2) is 0 Å². The lowest BCUT2D eigenvalue weighted by atomic mass is 9.95. The highest BCUT2D eigenvalue weighted by Crippen LogP contribution is 2.38. The molecule has 4 N–H and O–H groups in total. The smallest absolute Gasteiger partial charge is 0.146 e. The van der Waals surface area contributed by atoms with Crippen LogP contribution >= 0.6 is 0 Å². The molecule has 0 bridgehead atoms. The lowest BCUT2D eigenvalue weighted by Crippen LogP contribution is -1.96. The summed E-state index contributed by atoms with van der Waals surface area (Å²) in [4.78, 5) is 5.18. The number of para-hydroxylation sites is 1. The zero-order valence-electron chi connectivity index (χ0n) is 25.3. The number of fused-ring (bicyclic) bond motifs is 8. The first-order chi connectivity index (χ1) is 22.7. The Bertz CT molecular complexity index is 2470. The third kappa shape index (κ3) is 4.64. The fraction of sp³-hybridized carbons (Fsp3) is 0.0238. The Morgan fingerprint density at radius 2 is 1.35 bits per heavy atom. The van der Waals surface area contributed by atoms with E-state index in [4.69, 9.17) is 16.5 Å². The van der Waals surface area contributed by atoms with Gasteiger partial charge >= 0.3 is 0 Å². The predicted octanol–water partition coefficient (Wildman–Crippen LogP) is 9.77. The van der Waals surface area contributed by atoms with E-state index in [-0.39, 0.29) is 0 Å². The monoisotopic (exact) mass is 592 g/mol. The second-order valence-electron chi connectivity index (χ2n) is 11.5. The molecule has 2 heterocycles. The van der Waals surface area contributed by atoms with Crippen LogP contribution < -0.4 is 11.5 Å². The van der Waals surface area contributed by atoms with E-state index >= 15 is 0 Å². The van der Waals surface area contributed by atoms with Gasteiger partial charge in [-0.15, -0.1) is 0 Å². The van der Waals surface area contributed by atoms with Gasteiger partial charge in [-0.1, -0.05) is 140 Å². The van der Waals surface area contributed by atoms with Gasteiger partial charge in [-0.25, -0.2) is 4.98 Å². The minimum atomic E-state index is 0.442. The molecule has 0 spiro atoms. The van der Waals surface area contributed by atoms with Crippen molar-refractivity contribution in [3.8, 4) is 22.3 Å². The van der Waals surface area contributed by atoms with E-state index in [1.807, 2.05) is 6.07 Å². The summed E-state index contributed by atoms with van der Waals surface area (Å²) in [5.41, 5.74) is 25.2. The molecule has 4 heteroatoms. The molecule has 0 aliphatic heterocycles. The molecule has 8 rings (SSSR count). The number of rotatable bonds is 6. The van der Waals surface area contributed by atoms with Crippen LogP contribution in [0.2, 0.25) is 0 Å². The summed E-state index contributed by atoms with van der Waals surface area (Å²) in [6.07, 6.45) is 6.36. The lowest BCUT2D eigenvalue weighted by molar-refractivity contribution is 1.26. The molecule has 0 radical (unpaired) electrons. The van der Waals surface area contributed by atoms with Gasteiger partial charge in [-0.3, -0.25) is 4.40 Å². The number of imidazole rings is 1. The maximum Gasteiger partial charge on any atom is 0.146 e. The number of benzene rings is 6. The second kappa shape index (κ2) is 11.5. The number of aromatic nitrogens is 2. The van der Waals surface area contributed by atoms with Crippen LogP contribution in [0.3, 0.4) is 0 Å². The Kier molecular flexibility index (Phi) is 6.90. The normalized spacial score (nSPS) is 12.2. The third-order valence-corrected chi connectivity index (χ3v) is 8.80. The Morgan fingerprint density at radius 1 is 0.630 bits per heavy atom. The van der Waals surface area contributed by atoms with Crippen molar-refractivity contribution in [2.45, 2.75) is 0 Å². The number of nitrogens with two attached hydrogens (primary N) is 2. The highest BCUT2D eigenvalue weighted by Gasteiger charge is 2.17. The summed E-state index contributed by atoms with van der Waals surface area (Å²) in [6, 6.07) is 48.6. The summed E-state index contributed by atoms with van der Waals surface area (Å²) >= 11 is 0. The lowest BCUT2D eigenvalue weighted by Gasteiger charge is -2.11. The van der Waals surface area contributed by atoms with Gasteiger partial charge in [0.25, 0.3) is 0 Å². The molecule has 4 nitrogen and oxygen atoms in total.